The summed E-state index contributed by atoms with van der Waals surface area (Å²) < 4.78 is 0. The molecule has 0 radical (unpaired) electrons. The second-order valence-electron chi connectivity index (χ2n) is 11.3. The van der Waals surface area contributed by atoms with E-state index in [1.54, 1.807) is 6.07 Å². The second-order valence-corrected chi connectivity index (χ2v) is 11.3. The van der Waals surface area contributed by atoms with E-state index in [2.05, 4.69) is 77.3 Å². The number of hydrogen-bond acceptors (Lipinski definition) is 7. The van der Waals surface area contributed by atoms with Crippen molar-refractivity contribution in [1.82, 2.24) is 20.5 Å². The van der Waals surface area contributed by atoms with Crippen molar-refractivity contribution < 1.29 is 9.59 Å². The van der Waals surface area contributed by atoms with Crippen LogP contribution < -0.4 is 20.4 Å². The van der Waals surface area contributed by atoms with Crippen molar-refractivity contribution >= 4 is 34.0 Å². The second kappa shape index (κ2) is 15.3. The fourth-order valence-electron chi connectivity index (χ4n) is 6.19. The van der Waals surface area contributed by atoms with Crippen LogP contribution in [0.2, 0.25) is 0 Å². The first-order valence-corrected chi connectivity index (χ1v) is 15.5. The summed E-state index contributed by atoms with van der Waals surface area (Å²) in [6, 6.07) is 16.8. The summed E-state index contributed by atoms with van der Waals surface area (Å²) in [5.74, 6) is -0.183. The van der Waals surface area contributed by atoms with Gasteiger partial charge in [0.05, 0.1) is 18.3 Å². The Labute approximate surface area is 261 Å². The molecule has 0 saturated carbocycles. The Balaban J connectivity index is 0.00000141. The van der Waals surface area contributed by atoms with Crippen LogP contribution in [-0.4, -0.2) is 74.1 Å². The van der Waals surface area contributed by atoms with Crippen molar-refractivity contribution in [2.75, 3.05) is 56.1 Å². The molecule has 0 spiro atoms. The van der Waals surface area contributed by atoms with Gasteiger partial charge in [0.1, 0.15) is 5.69 Å². The van der Waals surface area contributed by atoms with Gasteiger partial charge < -0.3 is 25.3 Å². The molecule has 2 N–H and O–H groups in total. The monoisotopic (exact) mass is 595 g/mol. The lowest BCUT2D eigenvalue weighted by molar-refractivity contribution is -0.126. The van der Waals surface area contributed by atoms with Crippen LogP contribution in [0.25, 0.3) is 10.8 Å². The molecule has 9 nitrogen and oxygen atoms in total. The Bertz CT molecular complexity index is 1520. The molecule has 0 bridgehead atoms. The highest BCUT2D eigenvalue weighted by atomic mass is 16.2. The topological polar surface area (TPSA) is 105 Å². The predicted octanol–water partition coefficient (Wildman–Crippen LogP) is 4.59. The third-order valence-electron chi connectivity index (χ3n) is 8.48. The number of likely N-dealkylation sites (N-methyl/N-ethyl adjacent to an activating group) is 1. The summed E-state index contributed by atoms with van der Waals surface area (Å²) in [5.41, 5.74) is 6.13. The molecule has 232 valence electrons. The van der Waals surface area contributed by atoms with Crippen molar-refractivity contribution in [2.45, 2.75) is 52.6 Å². The van der Waals surface area contributed by atoms with Crippen LogP contribution in [0.1, 0.15) is 54.0 Å². The molecule has 1 fully saturated rings. The van der Waals surface area contributed by atoms with Gasteiger partial charge in [0.2, 0.25) is 5.91 Å². The van der Waals surface area contributed by atoms with Crippen molar-refractivity contribution in [1.29, 1.82) is 5.26 Å². The van der Waals surface area contributed by atoms with Gasteiger partial charge >= 0.3 is 0 Å². The molecular formula is C35H45N7O2. The number of benzene rings is 2. The number of pyridine rings is 1. The largest absolute Gasteiger partial charge is 0.368 e. The quantitative estimate of drug-likeness (QED) is 0.349. The zero-order valence-corrected chi connectivity index (χ0v) is 26.5. The third-order valence-corrected chi connectivity index (χ3v) is 8.48. The summed E-state index contributed by atoms with van der Waals surface area (Å²) >= 11 is 0. The summed E-state index contributed by atoms with van der Waals surface area (Å²) in [6.07, 6.45) is 4.26. The van der Waals surface area contributed by atoms with Crippen LogP contribution in [0.3, 0.4) is 0 Å². The molecule has 2 aromatic carbocycles. The van der Waals surface area contributed by atoms with Crippen LogP contribution in [0.5, 0.6) is 0 Å². The Morgan fingerprint density at radius 1 is 1.09 bits per heavy atom. The number of carbonyl (C=O) groups excluding carboxylic acids is 2. The fraction of sp³-hybridized carbons (Fsp3) is 0.429. The Morgan fingerprint density at radius 2 is 1.80 bits per heavy atom. The lowest BCUT2D eigenvalue weighted by atomic mass is 9.97. The zero-order valence-electron chi connectivity index (χ0n) is 26.5. The number of nitrogens with one attached hydrogen (secondary N) is 2. The first kappa shape index (κ1) is 32.5. The summed E-state index contributed by atoms with van der Waals surface area (Å²) in [5, 5.41) is 16.2. The van der Waals surface area contributed by atoms with E-state index >= 15 is 0 Å². The number of nitrogens with zero attached hydrogens (tertiary/aromatic N) is 5. The van der Waals surface area contributed by atoms with Crippen LogP contribution in [0.4, 0.5) is 11.4 Å². The number of aromatic nitrogens is 1. The fourth-order valence-corrected chi connectivity index (χ4v) is 6.19. The minimum atomic E-state index is -0.149. The van der Waals surface area contributed by atoms with Gasteiger partial charge in [-0.25, -0.2) is 4.98 Å². The maximum Gasteiger partial charge on any atom is 0.270 e. The lowest BCUT2D eigenvalue weighted by Crippen LogP contribution is -2.49. The number of fused-ring (bicyclic) bond motifs is 2. The highest BCUT2D eigenvalue weighted by Gasteiger charge is 2.28. The molecule has 0 aliphatic carbocycles. The van der Waals surface area contributed by atoms with Crippen LogP contribution in [0, 0.1) is 18.3 Å². The van der Waals surface area contributed by atoms with E-state index in [1.165, 1.54) is 40.6 Å². The minimum Gasteiger partial charge on any atom is -0.368 e. The predicted molar refractivity (Wildman–Crippen MR) is 178 cm³/mol. The molecule has 2 aliphatic rings. The summed E-state index contributed by atoms with van der Waals surface area (Å²) in [6.45, 7) is 14.1. The van der Waals surface area contributed by atoms with Gasteiger partial charge in [0, 0.05) is 74.6 Å². The molecule has 5 rings (SSSR count). The molecule has 1 atom stereocenters. The van der Waals surface area contributed by atoms with E-state index in [1.807, 2.05) is 18.0 Å². The van der Waals surface area contributed by atoms with Gasteiger partial charge in [-0.3, -0.25) is 9.59 Å². The van der Waals surface area contributed by atoms with Crippen molar-refractivity contribution in [3.8, 4) is 6.07 Å². The average Bonchev–Trinajstić information content (AvgIpc) is 3.05. The standard InChI is InChI=1S/C33H42N6O2.C2H3N/c1-5-9-25(34-4)21-35-33(41)27-20-30(37-16-18-38(19-17-37)31(40)6-2)26-14-15-39(22-28(26)36-27)29-13-8-12-24-11-7-10-23(3)32(24)29;1-2-3/h6-8,10-13,20,25,34H,2,5,9,14-19,21-22H2,1,3-4H3,(H,35,41);1H3. The van der Waals surface area contributed by atoms with Crippen LogP contribution in [0.15, 0.2) is 55.1 Å². The molecule has 2 amide bonds. The van der Waals surface area contributed by atoms with Gasteiger partial charge in [0.15, 0.2) is 0 Å². The SMILES string of the molecule is C=CC(=O)N1CCN(c2cc(C(=O)NCC(CCC)NC)nc3c2CCN(c2cccc4cccc(C)c24)C3)CC1.CC#N. The molecule has 1 aromatic heterocycles. The van der Waals surface area contributed by atoms with Gasteiger partial charge in [-0.05, 0) is 56.0 Å². The van der Waals surface area contributed by atoms with E-state index < -0.39 is 0 Å². The Hall–Kier alpha value is -4.42. The maximum absolute atomic E-state index is 13.4. The van der Waals surface area contributed by atoms with E-state index in [-0.39, 0.29) is 17.9 Å². The summed E-state index contributed by atoms with van der Waals surface area (Å²) in [7, 11) is 1.93. The van der Waals surface area contributed by atoms with Gasteiger partial charge in [-0.15, -0.1) is 0 Å². The van der Waals surface area contributed by atoms with Crippen molar-refractivity contribution in [2.24, 2.45) is 0 Å². The highest BCUT2D eigenvalue weighted by Crippen LogP contribution is 2.35. The molecule has 2 aliphatic heterocycles. The van der Waals surface area contributed by atoms with E-state index in [4.69, 9.17) is 10.2 Å². The average molecular weight is 596 g/mol. The van der Waals surface area contributed by atoms with Gasteiger partial charge in [-0.1, -0.05) is 50.3 Å². The summed E-state index contributed by atoms with van der Waals surface area (Å²) in [4.78, 5) is 37.2. The molecule has 1 unspecified atom stereocenters. The van der Waals surface area contributed by atoms with Crippen LogP contribution >= 0.6 is 0 Å². The number of piperazine rings is 1. The number of hydrogen-bond donors (Lipinski definition) is 2. The Morgan fingerprint density at radius 3 is 2.45 bits per heavy atom. The number of carbonyl (C=O) groups is 2. The molecule has 9 heteroatoms. The molecular weight excluding hydrogens is 550 g/mol. The van der Waals surface area contributed by atoms with E-state index in [0.29, 0.717) is 45.0 Å². The highest BCUT2D eigenvalue weighted by molar-refractivity contribution is 5.97. The van der Waals surface area contributed by atoms with Gasteiger partial charge in [0.25, 0.3) is 5.91 Å². The zero-order chi connectivity index (χ0) is 31.6. The smallest absolute Gasteiger partial charge is 0.270 e. The number of rotatable bonds is 9. The minimum absolute atomic E-state index is 0.0336. The van der Waals surface area contributed by atoms with Crippen molar-refractivity contribution in [3.05, 3.63) is 77.6 Å². The number of aryl methyl sites for hydroxylation is 1. The first-order valence-electron chi connectivity index (χ1n) is 15.5. The normalized spacial score (nSPS) is 15.0. The number of nitriles is 1. The number of amides is 2. The lowest BCUT2D eigenvalue weighted by Gasteiger charge is -2.39. The van der Waals surface area contributed by atoms with E-state index in [9.17, 15) is 9.59 Å². The van der Waals surface area contributed by atoms with Gasteiger partial charge in [-0.2, -0.15) is 5.26 Å². The first-order chi connectivity index (χ1) is 21.3. The van der Waals surface area contributed by atoms with Crippen molar-refractivity contribution in [3.63, 3.8) is 0 Å². The molecule has 1 saturated heterocycles. The van der Waals surface area contributed by atoms with E-state index in [0.717, 1.165) is 37.2 Å². The molecule has 44 heavy (non-hydrogen) atoms. The molecule has 3 heterocycles. The number of anilines is 2. The van der Waals surface area contributed by atoms with Crippen LogP contribution in [-0.2, 0) is 17.8 Å². The third kappa shape index (κ3) is 7.37. The Kier molecular flexibility index (Phi) is 11.3. The maximum atomic E-state index is 13.4. The molecule has 3 aromatic rings.